The minimum Gasteiger partial charge on any atom is -0.469 e. The SMILES string of the molecule is COC(=O)CC1CCCCN1c1cc(C(C)C)ncn1. The number of hydrogen-bond acceptors (Lipinski definition) is 5. The Morgan fingerprint density at radius 1 is 1.45 bits per heavy atom. The van der Waals surface area contributed by atoms with Crippen molar-refractivity contribution in [1.82, 2.24) is 9.97 Å². The highest BCUT2D eigenvalue weighted by Crippen LogP contribution is 2.26. The molecule has 5 nitrogen and oxygen atoms in total. The molecule has 0 N–H and O–H groups in total. The van der Waals surface area contributed by atoms with Gasteiger partial charge in [0.15, 0.2) is 0 Å². The largest absolute Gasteiger partial charge is 0.469 e. The van der Waals surface area contributed by atoms with Gasteiger partial charge in [-0.1, -0.05) is 13.8 Å². The molecule has 2 rings (SSSR count). The highest BCUT2D eigenvalue weighted by Gasteiger charge is 2.26. The van der Waals surface area contributed by atoms with Gasteiger partial charge in [0.25, 0.3) is 0 Å². The van der Waals surface area contributed by atoms with E-state index in [2.05, 4.69) is 28.7 Å². The van der Waals surface area contributed by atoms with Crippen LogP contribution in [0.4, 0.5) is 5.82 Å². The Bertz CT molecular complexity index is 462. The Morgan fingerprint density at radius 2 is 2.25 bits per heavy atom. The lowest BCUT2D eigenvalue weighted by Gasteiger charge is -2.36. The topological polar surface area (TPSA) is 55.3 Å². The summed E-state index contributed by atoms with van der Waals surface area (Å²) in [6, 6.07) is 2.23. The molecule has 0 aliphatic carbocycles. The third-order valence-electron chi connectivity index (χ3n) is 3.82. The molecule has 0 bridgehead atoms. The number of carbonyl (C=O) groups is 1. The number of carbonyl (C=O) groups excluding carboxylic acids is 1. The third-order valence-corrected chi connectivity index (χ3v) is 3.82. The molecule has 1 unspecified atom stereocenters. The van der Waals surface area contributed by atoms with E-state index < -0.39 is 0 Å². The third kappa shape index (κ3) is 3.46. The number of nitrogens with zero attached hydrogens (tertiary/aromatic N) is 3. The molecule has 1 aromatic heterocycles. The molecule has 1 aliphatic heterocycles. The van der Waals surface area contributed by atoms with Gasteiger partial charge in [-0.05, 0) is 25.2 Å². The molecule has 0 aromatic carbocycles. The minimum atomic E-state index is -0.153. The number of anilines is 1. The molecule has 0 spiro atoms. The molecule has 0 amide bonds. The number of piperidine rings is 1. The molecule has 110 valence electrons. The summed E-state index contributed by atoms with van der Waals surface area (Å²) in [7, 11) is 1.44. The fourth-order valence-electron chi connectivity index (χ4n) is 2.62. The van der Waals surface area contributed by atoms with Crippen molar-refractivity contribution < 1.29 is 9.53 Å². The van der Waals surface area contributed by atoms with E-state index in [-0.39, 0.29) is 12.0 Å². The summed E-state index contributed by atoms with van der Waals surface area (Å²) in [5, 5.41) is 0. The van der Waals surface area contributed by atoms with Crippen LogP contribution in [0.3, 0.4) is 0 Å². The first-order valence-corrected chi connectivity index (χ1v) is 7.27. The maximum absolute atomic E-state index is 11.6. The molecular formula is C15H23N3O2. The number of ether oxygens (including phenoxy) is 1. The first kappa shape index (κ1) is 14.8. The second kappa shape index (κ2) is 6.68. The summed E-state index contributed by atoms with van der Waals surface area (Å²) in [5.74, 6) is 1.15. The number of esters is 1. The van der Waals surface area contributed by atoms with Crippen LogP contribution in [-0.2, 0) is 9.53 Å². The smallest absolute Gasteiger partial charge is 0.307 e. The maximum atomic E-state index is 11.6. The molecule has 2 heterocycles. The van der Waals surface area contributed by atoms with Crippen molar-refractivity contribution in [2.24, 2.45) is 0 Å². The number of hydrogen-bond donors (Lipinski definition) is 0. The second-order valence-corrected chi connectivity index (χ2v) is 5.58. The van der Waals surface area contributed by atoms with Crippen LogP contribution in [0.5, 0.6) is 0 Å². The predicted octanol–water partition coefficient (Wildman–Crippen LogP) is 2.52. The lowest BCUT2D eigenvalue weighted by Crippen LogP contribution is -2.41. The van der Waals surface area contributed by atoms with E-state index in [9.17, 15) is 4.79 Å². The monoisotopic (exact) mass is 277 g/mol. The van der Waals surface area contributed by atoms with Gasteiger partial charge < -0.3 is 9.64 Å². The van der Waals surface area contributed by atoms with Crippen molar-refractivity contribution in [3.8, 4) is 0 Å². The van der Waals surface area contributed by atoms with Gasteiger partial charge in [-0.15, -0.1) is 0 Å². The Kier molecular flexibility index (Phi) is 4.93. The van der Waals surface area contributed by atoms with Gasteiger partial charge in [0.2, 0.25) is 0 Å². The molecule has 1 fully saturated rings. The van der Waals surface area contributed by atoms with E-state index in [0.717, 1.165) is 37.3 Å². The molecule has 1 aliphatic rings. The maximum Gasteiger partial charge on any atom is 0.307 e. The van der Waals surface area contributed by atoms with Gasteiger partial charge >= 0.3 is 5.97 Å². The van der Waals surface area contributed by atoms with Crippen LogP contribution in [0.1, 0.15) is 51.1 Å². The standard InChI is InChI=1S/C15H23N3O2/c1-11(2)13-9-14(17-10-16-13)18-7-5-4-6-12(18)8-15(19)20-3/h9-12H,4-8H2,1-3H3. The molecule has 1 saturated heterocycles. The molecular weight excluding hydrogens is 254 g/mol. The van der Waals surface area contributed by atoms with Crippen LogP contribution in [0.25, 0.3) is 0 Å². The van der Waals surface area contributed by atoms with Crippen LogP contribution in [0, 0.1) is 0 Å². The summed E-state index contributed by atoms with van der Waals surface area (Å²) in [5.41, 5.74) is 1.04. The van der Waals surface area contributed by atoms with Crippen molar-refractivity contribution in [1.29, 1.82) is 0 Å². The number of rotatable bonds is 4. The van der Waals surface area contributed by atoms with Gasteiger partial charge in [0, 0.05) is 24.3 Å². The van der Waals surface area contributed by atoms with Crippen LogP contribution in [-0.4, -0.2) is 35.6 Å². The van der Waals surface area contributed by atoms with Crippen molar-refractivity contribution in [2.45, 2.75) is 51.5 Å². The van der Waals surface area contributed by atoms with Crippen molar-refractivity contribution in [3.05, 3.63) is 18.1 Å². The second-order valence-electron chi connectivity index (χ2n) is 5.58. The van der Waals surface area contributed by atoms with Gasteiger partial charge in [0.05, 0.1) is 13.5 Å². The van der Waals surface area contributed by atoms with Gasteiger partial charge in [-0.2, -0.15) is 0 Å². The summed E-state index contributed by atoms with van der Waals surface area (Å²) in [4.78, 5) is 22.5. The summed E-state index contributed by atoms with van der Waals surface area (Å²) in [6.07, 6.45) is 5.35. The van der Waals surface area contributed by atoms with Gasteiger partial charge in [-0.25, -0.2) is 9.97 Å². The van der Waals surface area contributed by atoms with Gasteiger partial charge in [-0.3, -0.25) is 4.79 Å². The minimum absolute atomic E-state index is 0.153. The average molecular weight is 277 g/mol. The fourth-order valence-corrected chi connectivity index (χ4v) is 2.62. The van der Waals surface area contributed by atoms with E-state index in [1.54, 1.807) is 6.33 Å². The van der Waals surface area contributed by atoms with Crippen LogP contribution in [0.2, 0.25) is 0 Å². The molecule has 20 heavy (non-hydrogen) atoms. The molecule has 0 radical (unpaired) electrons. The van der Waals surface area contributed by atoms with Gasteiger partial charge in [0.1, 0.15) is 12.1 Å². The lowest BCUT2D eigenvalue weighted by atomic mass is 9.99. The normalized spacial score (nSPS) is 19.2. The van der Waals surface area contributed by atoms with Crippen molar-refractivity contribution in [3.63, 3.8) is 0 Å². The first-order valence-electron chi connectivity index (χ1n) is 7.27. The Labute approximate surface area is 120 Å². The van der Waals surface area contributed by atoms with E-state index in [0.29, 0.717) is 12.3 Å². The van der Waals surface area contributed by atoms with E-state index in [1.807, 2.05) is 6.07 Å². The Hall–Kier alpha value is -1.65. The summed E-state index contributed by atoms with van der Waals surface area (Å²) < 4.78 is 4.80. The zero-order valence-corrected chi connectivity index (χ0v) is 12.5. The van der Waals surface area contributed by atoms with E-state index in [4.69, 9.17) is 4.74 Å². The summed E-state index contributed by atoms with van der Waals surface area (Å²) in [6.45, 7) is 5.18. The predicted molar refractivity (Wildman–Crippen MR) is 77.7 cm³/mol. The first-order chi connectivity index (χ1) is 9.61. The lowest BCUT2D eigenvalue weighted by molar-refractivity contribution is -0.141. The highest BCUT2D eigenvalue weighted by atomic mass is 16.5. The average Bonchev–Trinajstić information content (AvgIpc) is 2.47. The van der Waals surface area contributed by atoms with Crippen LogP contribution >= 0.6 is 0 Å². The number of aromatic nitrogens is 2. The van der Waals surface area contributed by atoms with Crippen LogP contribution in [0.15, 0.2) is 12.4 Å². The zero-order chi connectivity index (χ0) is 14.5. The molecule has 5 heteroatoms. The number of methoxy groups -OCH3 is 1. The van der Waals surface area contributed by atoms with E-state index in [1.165, 1.54) is 7.11 Å². The molecule has 1 atom stereocenters. The van der Waals surface area contributed by atoms with Crippen LogP contribution < -0.4 is 4.90 Å². The van der Waals surface area contributed by atoms with Crippen molar-refractivity contribution >= 4 is 11.8 Å². The molecule has 0 saturated carbocycles. The fraction of sp³-hybridized carbons (Fsp3) is 0.667. The Morgan fingerprint density at radius 3 is 2.95 bits per heavy atom. The Balaban J connectivity index is 2.18. The quantitative estimate of drug-likeness (QED) is 0.792. The van der Waals surface area contributed by atoms with E-state index >= 15 is 0 Å². The summed E-state index contributed by atoms with van der Waals surface area (Å²) >= 11 is 0. The molecule has 1 aromatic rings. The zero-order valence-electron chi connectivity index (χ0n) is 12.5. The highest BCUT2D eigenvalue weighted by molar-refractivity contribution is 5.70. The van der Waals surface area contributed by atoms with Crippen molar-refractivity contribution in [2.75, 3.05) is 18.6 Å².